The predicted molar refractivity (Wildman–Crippen MR) is 119 cm³/mol. The van der Waals surface area contributed by atoms with Gasteiger partial charge in [-0.25, -0.2) is 9.97 Å². The lowest BCUT2D eigenvalue weighted by Gasteiger charge is -2.31. The Morgan fingerprint density at radius 2 is 1.80 bits per heavy atom. The average Bonchev–Trinajstić information content (AvgIpc) is 2.80. The standard InChI is InChI=1S/C24H26N4O2/c1-30-22-10-6-5-9-21(22)26-23(29)17-18-12-15-28(16-13-18)24-25-14-11-20(27-24)19-7-3-2-4-8-19/h2-11,14,18H,12-13,15-17H2,1H3,(H,26,29). The first kappa shape index (κ1) is 19.9. The maximum atomic E-state index is 12.5. The van der Waals surface area contributed by atoms with E-state index in [0.29, 0.717) is 23.8 Å². The molecule has 6 heteroatoms. The summed E-state index contributed by atoms with van der Waals surface area (Å²) in [7, 11) is 1.61. The number of hydrogen-bond acceptors (Lipinski definition) is 5. The van der Waals surface area contributed by atoms with Crippen molar-refractivity contribution in [1.29, 1.82) is 0 Å². The zero-order valence-electron chi connectivity index (χ0n) is 17.1. The predicted octanol–water partition coefficient (Wildman–Crippen LogP) is 4.40. The number of carbonyl (C=O) groups excluding carboxylic acids is 1. The number of carbonyl (C=O) groups is 1. The highest BCUT2D eigenvalue weighted by molar-refractivity contribution is 5.92. The largest absolute Gasteiger partial charge is 0.495 e. The highest BCUT2D eigenvalue weighted by atomic mass is 16.5. The summed E-state index contributed by atoms with van der Waals surface area (Å²) in [6, 6.07) is 19.6. The first-order chi connectivity index (χ1) is 14.7. The second kappa shape index (κ2) is 9.39. The first-order valence-corrected chi connectivity index (χ1v) is 10.3. The van der Waals surface area contributed by atoms with Gasteiger partial charge >= 0.3 is 0 Å². The van der Waals surface area contributed by atoms with E-state index in [9.17, 15) is 4.79 Å². The maximum Gasteiger partial charge on any atom is 0.225 e. The summed E-state index contributed by atoms with van der Waals surface area (Å²) in [5, 5.41) is 2.98. The first-order valence-electron chi connectivity index (χ1n) is 10.3. The number of anilines is 2. The van der Waals surface area contributed by atoms with Gasteiger partial charge in [0.25, 0.3) is 0 Å². The van der Waals surface area contributed by atoms with Gasteiger partial charge in [0.15, 0.2) is 0 Å². The number of hydrogen-bond donors (Lipinski definition) is 1. The molecular formula is C24H26N4O2. The monoisotopic (exact) mass is 402 g/mol. The number of methoxy groups -OCH3 is 1. The van der Waals surface area contributed by atoms with Crippen LogP contribution < -0.4 is 15.0 Å². The summed E-state index contributed by atoms with van der Waals surface area (Å²) in [6.45, 7) is 1.70. The summed E-state index contributed by atoms with van der Waals surface area (Å²) in [6.07, 6.45) is 4.21. The minimum Gasteiger partial charge on any atom is -0.495 e. The smallest absolute Gasteiger partial charge is 0.225 e. The number of amides is 1. The zero-order chi connectivity index (χ0) is 20.8. The van der Waals surface area contributed by atoms with Crippen molar-refractivity contribution in [1.82, 2.24) is 9.97 Å². The van der Waals surface area contributed by atoms with Gasteiger partial charge in [-0.3, -0.25) is 4.79 Å². The molecule has 0 radical (unpaired) electrons. The Morgan fingerprint density at radius 3 is 2.57 bits per heavy atom. The molecule has 2 heterocycles. The zero-order valence-corrected chi connectivity index (χ0v) is 17.1. The van der Waals surface area contributed by atoms with Crippen LogP contribution in [-0.4, -0.2) is 36.1 Å². The van der Waals surface area contributed by atoms with Gasteiger partial charge in [0, 0.05) is 31.3 Å². The number of para-hydroxylation sites is 2. The fraction of sp³-hybridized carbons (Fsp3) is 0.292. The maximum absolute atomic E-state index is 12.5. The molecule has 3 aromatic rings. The molecule has 154 valence electrons. The summed E-state index contributed by atoms with van der Waals surface area (Å²) >= 11 is 0. The van der Waals surface area contributed by atoms with Gasteiger partial charge in [0.1, 0.15) is 5.75 Å². The van der Waals surface area contributed by atoms with Crippen LogP contribution >= 0.6 is 0 Å². The Balaban J connectivity index is 1.32. The Kier molecular flexibility index (Phi) is 6.23. The lowest BCUT2D eigenvalue weighted by atomic mass is 9.93. The summed E-state index contributed by atoms with van der Waals surface area (Å²) in [5.74, 6) is 1.82. The van der Waals surface area contributed by atoms with E-state index in [4.69, 9.17) is 9.72 Å². The highest BCUT2D eigenvalue weighted by Gasteiger charge is 2.23. The van der Waals surface area contributed by atoms with Crippen molar-refractivity contribution >= 4 is 17.5 Å². The van der Waals surface area contributed by atoms with Crippen molar-refractivity contribution in [3.63, 3.8) is 0 Å². The molecule has 1 saturated heterocycles. The van der Waals surface area contributed by atoms with Gasteiger partial charge in [-0.15, -0.1) is 0 Å². The van der Waals surface area contributed by atoms with E-state index >= 15 is 0 Å². The Bertz CT molecular complexity index is 985. The molecule has 30 heavy (non-hydrogen) atoms. The lowest BCUT2D eigenvalue weighted by molar-refractivity contribution is -0.117. The van der Waals surface area contributed by atoms with Crippen LogP contribution in [0, 0.1) is 5.92 Å². The van der Waals surface area contributed by atoms with Crippen LogP contribution in [0.4, 0.5) is 11.6 Å². The lowest BCUT2D eigenvalue weighted by Crippen LogP contribution is -2.36. The number of piperidine rings is 1. The van der Waals surface area contributed by atoms with Crippen molar-refractivity contribution in [3.05, 3.63) is 66.9 Å². The molecule has 6 nitrogen and oxygen atoms in total. The van der Waals surface area contributed by atoms with Crippen LogP contribution in [0.5, 0.6) is 5.75 Å². The SMILES string of the molecule is COc1ccccc1NC(=O)CC1CCN(c2nccc(-c3ccccc3)n2)CC1. The van der Waals surface area contributed by atoms with Crippen molar-refractivity contribution in [3.8, 4) is 17.0 Å². The molecule has 0 saturated carbocycles. The van der Waals surface area contributed by atoms with E-state index in [2.05, 4.69) is 27.3 Å². The van der Waals surface area contributed by atoms with Crippen molar-refractivity contribution in [2.75, 3.05) is 30.4 Å². The molecule has 0 aliphatic carbocycles. The number of nitrogens with zero attached hydrogens (tertiary/aromatic N) is 3. The summed E-state index contributed by atoms with van der Waals surface area (Å²) in [4.78, 5) is 23.9. The molecule has 1 fully saturated rings. The van der Waals surface area contributed by atoms with Gasteiger partial charge in [0.2, 0.25) is 11.9 Å². The van der Waals surface area contributed by atoms with Crippen LogP contribution in [-0.2, 0) is 4.79 Å². The third-order valence-corrected chi connectivity index (χ3v) is 5.46. The minimum atomic E-state index is 0.0280. The number of nitrogens with one attached hydrogen (secondary N) is 1. The average molecular weight is 402 g/mol. The molecule has 1 N–H and O–H groups in total. The van der Waals surface area contributed by atoms with Gasteiger partial charge < -0.3 is 15.0 Å². The fourth-order valence-corrected chi connectivity index (χ4v) is 3.82. The van der Waals surface area contributed by atoms with E-state index < -0.39 is 0 Å². The highest BCUT2D eigenvalue weighted by Crippen LogP contribution is 2.27. The fourth-order valence-electron chi connectivity index (χ4n) is 3.82. The van der Waals surface area contributed by atoms with Crippen LogP contribution in [0.15, 0.2) is 66.9 Å². The van der Waals surface area contributed by atoms with Crippen LogP contribution in [0.2, 0.25) is 0 Å². The normalized spacial score (nSPS) is 14.4. The molecule has 2 aromatic carbocycles. The molecular weight excluding hydrogens is 376 g/mol. The Hall–Kier alpha value is -3.41. The molecule has 1 aliphatic heterocycles. The van der Waals surface area contributed by atoms with Crippen LogP contribution in [0.1, 0.15) is 19.3 Å². The number of aromatic nitrogens is 2. The van der Waals surface area contributed by atoms with Crippen LogP contribution in [0.25, 0.3) is 11.3 Å². The second-order valence-electron chi connectivity index (χ2n) is 7.49. The van der Waals surface area contributed by atoms with Gasteiger partial charge in [-0.2, -0.15) is 0 Å². The van der Waals surface area contributed by atoms with Gasteiger partial charge in [-0.05, 0) is 37.0 Å². The molecule has 0 unspecified atom stereocenters. The topological polar surface area (TPSA) is 67.3 Å². The van der Waals surface area contributed by atoms with Crippen molar-refractivity contribution in [2.24, 2.45) is 5.92 Å². The molecule has 1 amide bonds. The molecule has 4 rings (SSSR count). The van der Waals surface area contributed by atoms with Gasteiger partial charge in [0.05, 0.1) is 18.5 Å². The van der Waals surface area contributed by atoms with E-state index in [-0.39, 0.29) is 5.91 Å². The third-order valence-electron chi connectivity index (χ3n) is 5.46. The number of benzene rings is 2. The number of rotatable bonds is 6. The van der Waals surface area contributed by atoms with Gasteiger partial charge in [-0.1, -0.05) is 42.5 Å². The van der Waals surface area contributed by atoms with E-state index in [0.717, 1.165) is 43.1 Å². The van der Waals surface area contributed by atoms with Crippen LogP contribution in [0.3, 0.4) is 0 Å². The summed E-state index contributed by atoms with van der Waals surface area (Å²) < 4.78 is 5.31. The Labute approximate surface area is 176 Å². The second-order valence-corrected chi connectivity index (χ2v) is 7.49. The molecule has 0 spiro atoms. The molecule has 1 aromatic heterocycles. The van der Waals surface area contributed by atoms with Crippen molar-refractivity contribution < 1.29 is 9.53 Å². The quantitative estimate of drug-likeness (QED) is 0.662. The Morgan fingerprint density at radius 1 is 1.07 bits per heavy atom. The third kappa shape index (κ3) is 4.76. The molecule has 1 aliphatic rings. The molecule has 0 atom stereocenters. The molecule has 0 bridgehead atoms. The van der Waals surface area contributed by atoms with E-state index in [1.54, 1.807) is 7.11 Å². The van der Waals surface area contributed by atoms with E-state index in [1.165, 1.54) is 0 Å². The van der Waals surface area contributed by atoms with E-state index in [1.807, 2.05) is 54.7 Å². The minimum absolute atomic E-state index is 0.0280. The summed E-state index contributed by atoms with van der Waals surface area (Å²) in [5.41, 5.74) is 2.73. The number of ether oxygens (including phenoxy) is 1. The van der Waals surface area contributed by atoms with Crippen molar-refractivity contribution in [2.45, 2.75) is 19.3 Å².